The minimum absolute atomic E-state index is 0.219. The lowest BCUT2D eigenvalue weighted by atomic mass is 9.94. The van der Waals surface area contributed by atoms with Gasteiger partial charge in [-0.25, -0.2) is 9.78 Å². The maximum absolute atomic E-state index is 12.9. The van der Waals surface area contributed by atoms with E-state index in [1.54, 1.807) is 24.5 Å². The van der Waals surface area contributed by atoms with Crippen LogP contribution in [0, 0.1) is 5.92 Å². The fourth-order valence-electron chi connectivity index (χ4n) is 3.87. The Morgan fingerprint density at radius 2 is 2.00 bits per heavy atom. The Morgan fingerprint density at radius 1 is 1.22 bits per heavy atom. The summed E-state index contributed by atoms with van der Waals surface area (Å²) in [7, 11) is 1.30. The number of nitrogens with zero attached hydrogens (tertiary/aromatic N) is 3. The first kappa shape index (κ1) is 21.7. The van der Waals surface area contributed by atoms with Crippen LogP contribution in [0.2, 0.25) is 0 Å². The Balaban J connectivity index is 1.87. The number of nitrogens with one attached hydrogen (secondary N) is 1. The number of hydrogen-bond donors (Lipinski definition) is 1. The summed E-state index contributed by atoms with van der Waals surface area (Å²) >= 11 is 0. The van der Waals surface area contributed by atoms with Crippen LogP contribution in [0.15, 0.2) is 42.9 Å². The van der Waals surface area contributed by atoms with E-state index in [1.807, 2.05) is 18.4 Å². The summed E-state index contributed by atoms with van der Waals surface area (Å²) in [5.74, 6) is -0.569. The van der Waals surface area contributed by atoms with Crippen molar-refractivity contribution in [3.63, 3.8) is 0 Å². The molecule has 0 aliphatic heterocycles. The van der Waals surface area contributed by atoms with Crippen molar-refractivity contribution in [2.75, 3.05) is 7.11 Å². The van der Waals surface area contributed by atoms with Crippen LogP contribution in [0.25, 0.3) is 21.9 Å². The van der Waals surface area contributed by atoms with Crippen molar-refractivity contribution in [3.8, 4) is 5.75 Å². The number of H-pyrrole nitrogens is 1. The number of aromatic amines is 1. The van der Waals surface area contributed by atoms with Gasteiger partial charge in [0, 0.05) is 10.9 Å². The maximum atomic E-state index is 12.9. The first-order valence-corrected chi connectivity index (χ1v) is 9.94. The SMILES string of the molecule is COC(=O)c1ccc2c(c1)ncn2C(CC(C)C)c1cc(OC(F)(F)F)cc2cn[nH]c12. The van der Waals surface area contributed by atoms with Crippen molar-refractivity contribution in [2.24, 2.45) is 5.92 Å². The molecule has 0 fully saturated rings. The summed E-state index contributed by atoms with van der Waals surface area (Å²) in [6.45, 7) is 4.06. The number of hydrogen-bond acceptors (Lipinski definition) is 5. The van der Waals surface area contributed by atoms with E-state index in [0.29, 0.717) is 34.0 Å². The van der Waals surface area contributed by atoms with Gasteiger partial charge in [-0.1, -0.05) is 13.8 Å². The molecule has 0 spiro atoms. The average Bonchev–Trinajstić information content (AvgIpc) is 3.35. The van der Waals surface area contributed by atoms with Crippen molar-refractivity contribution in [1.82, 2.24) is 19.7 Å². The first-order valence-electron chi connectivity index (χ1n) is 9.94. The molecule has 2 aromatic heterocycles. The minimum Gasteiger partial charge on any atom is -0.465 e. The highest BCUT2D eigenvalue weighted by Gasteiger charge is 2.32. The van der Waals surface area contributed by atoms with Crippen molar-refractivity contribution >= 4 is 27.9 Å². The highest BCUT2D eigenvalue weighted by molar-refractivity contribution is 5.93. The van der Waals surface area contributed by atoms with E-state index >= 15 is 0 Å². The summed E-state index contributed by atoms with van der Waals surface area (Å²) in [4.78, 5) is 16.3. The predicted molar refractivity (Wildman–Crippen MR) is 111 cm³/mol. The van der Waals surface area contributed by atoms with Gasteiger partial charge in [-0.3, -0.25) is 5.10 Å². The van der Waals surface area contributed by atoms with Crippen LogP contribution in [-0.4, -0.2) is 39.2 Å². The number of benzene rings is 2. The number of ether oxygens (including phenoxy) is 2. The third kappa shape index (κ3) is 4.25. The molecule has 1 unspecified atom stereocenters. The molecular weight excluding hydrogens is 425 g/mol. The number of imidazole rings is 1. The molecule has 4 rings (SSSR count). The second-order valence-corrected chi connectivity index (χ2v) is 7.89. The van der Waals surface area contributed by atoms with E-state index in [9.17, 15) is 18.0 Å². The van der Waals surface area contributed by atoms with Crippen molar-refractivity contribution in [2.45, 2.75) is 32.7 Å². The zero-order chi connectivity index (χ0) is 23.0. The molecule has 0 aliphatic carbocycles. The normalized spacial score (nSPS) is 13.1. The number of fused-ring (bicyclic) bond motifs is 2. The van der Waals surface area contributed by atoms with Crippen LogP contribution in [0.3, 0.4) is 0 Å². The Hall–Kier alpha value is -3.56. The third-order valence-corrected chi connectivity index (χ3v) is 5.17. The maximum Gasteiger partial charge on any atom is 0.573 e. The van der Waals surface area contributed by atoms with E-state index in [1.165, 1.54) is 25.4 Å². The average molecular weight is 446 g/mol. The monoisotopic (exact) mass is 446 g/mol. The molecule has 2 heterocycles. The molecule has 4 aromatic rings. The quantitative estimate of drug-likeness (QED) is 0.410. The Kier molecular flexibility index (Phi) is 5.53. The molecule has 0 bridgehead atoms. The Morgan fingerprint density at radius 3 is 2.69 bits per heavy atom. The van der Waals surface area contributed by atoms with Gasteiger partial charge in [-0.15, -0.1) is 13.2 Å². The number of methoxy groups -OCH3 is 1. The van der Waals surface area contributed by atoms with Gasteiger partial charge in [0.25, 0.3) is 0 Å². The number of halogens is 3. The first-order chi connectivity index (χ1) is 15.2. The summed E-state index contributed by atoms with van der Waals surface area (Å²) in [6.07, 6.45) is -1.11. The third-order valence-electron chi connectivity index (χ3n) is 5.17. The number of rotatable bonds is 6. The number of alkyl halides is 3. The summed E-state index contributed by atoms with van der Waals surface area (Å²) in [6, 6.07) is 7.34. The van der Waals surface area contributed by atoms with Gasteiger partial charge in [0.15, 0.2) is 0 Å². The Labute approximate surface area is 181 Å². The molecule has 168 valence electrons. The zero-order valence-electron chi connectivity index (χ0n) is 17.6. The fraction of sp³-hybridized carbons (Fsp3) is 0.318. The number of carbonyl (C=O) groups is 1. The van der Waals surface area contributed by atoms with Crippen LogP contribution in [0.1, 0.15) is 42.2 Å². The second-order valence-electron chi connectivity index (χ2n) is 7.89. The highest BCUT2D eigenvalue weighted by Crippen LogP contribution is 2.37. The molecule has 0 radical (unpaired) electrons. The van der Waals surface area contributed by atoms with Crippen molar-refractivity contribution in [3.05, 3.63) is 54.0 Å². The van der Waals surface area contributed by atoms with Crippen LogP contribution < -0.4 is 4.74 Å². The lowest BCUT2D eigenvalue weighted by molar-refractivity contribution is -0.274. The van der Waals surface area contributed by atoms with Crippen molar-refractivity contribution in [1.29, 1.82) is 0 Å². The molecule has 0 saturated carbocycles. The fourth-order valence-corrected chi connectivity index (χ4v) is 3.87. The number of esters is 1. The molecule has 0 aliphatic rings. The van der Waals surface area contributed by atoms with Gasteiger partial charge in [0.1, 0.15) is 5.75 Å². The molecule has 0 saturated heterocycles. The molecular formula is C22H21F3N4O3. The standard InChI is InChI=1S/C22H21F3N4O3/c1-12(2)6-19(29-11-26-17-8-13(21(30)31-3)4-5-18(17)29)16-9-15(32-22(23,24)25)7-14-10-27-28-20(14)16/h4-5,7-12,19H,6H2,1-3H3,(H,27,28). The minimum atomic E-state index is -4.81. The van der Waals surface area contributed by atoms with Crippen LogP contribution in [-0.2, 0) is 4.74 Å². The summed E-state index contributed by atoms with van der Waals surface area (Å²) in [5.41, 5.74) is 2.90. The molecule has 7 nitrogen and oxygen atoms in total. The molecule has 1 N–H and O–H groups in total. The molecule has 32 heavy (non-hydrogen) atoms. The van der Waals surface area contributed by atoms with E-state index < -0.39 is 12.3 Å². The van der Waals surface area contributed by atoms with Gasteiger partial charge in [-0.2, -0.15) is 5.10 Å². The lowest BCUT2D eigenvalue weighted by Gasteiger charge is -2.23. The molecule has 0 amide bonds. The largest absolute Gasteiger partial charge is 0.573 e. The summed E-state index contributed by atoms with van der Waals surface area (Å²) < 4.78 is 49.6. The van der Waals surface area contributed by atoms with E-state index in [-0.39, 0.29) is 17.7 Å². The predicted octanol–water partition coefficient (Wildman–Crippen LogP) is 5.23. The smallest absolute Gasteiger partial charge is 0.465 e. The highest BCUT2D eigenvalue weighted by atomic mass is 19.4. The number of aromatic nitrogens is 4. The summed E-state index contributed by atoms with van der Waals surface area (Å²) in [5, 5.41) is 7.41. The van der Waals surface area contributed by atoms with Gasteiger partial charge < -0.3 is 14.0 Å². The van der Waals surface area contributed by atoms with E-state index in [0.717, 1.165) is 5.52 Å². The number of carbonyl (C=O) groups excluding carboxylic acids is 1. The molecule has 1 atom stereocenters. The van der Waals surface area contributed by atoms with Gasteiger partial charge in [-0.05, 0) is 42.7 Å². The Bertz CT molecular complexity index is 1280. The van der Waals surface area contributed by atoms with Crippen LogP contribution in [0.5, 0.6) is 5.75 Å². The topological polar surface area (TPSA) is 82.0 Å². The second kappa shape index (κ2) is 8.18. The molecule has 2 aromatic carbocycles. The van der Waals surface area contributed by atoms with E-state index in [2.05, 4.69) is 19.9 Å². The van der Waals surface area contributed by atoms with Crippen molar-refractivity contribution < 1.29 is 27.4 Å². The van der Waals surface area contributed by atoms with E-state index in [4.69, 9.17) is 4.74 Å². The zero-order valence-corrected chi connectivity index (χ0v) is 17.6. The van der Waals surface area contributed by atoms with Crippen LogP contribution in [0.4, 0.5) is 13.2 Å². The van der Waals surface area contributed by atoms with Gasteiger partial charge >= 0.3 is 12.3 Å². The van der Waals surface area contributed by atoms with Gasteiger partial charge in [0.2, 0.25) is 0 Å². The van der Waals surface area contributed by atoms with Crippen LogP contribution >= 0.6 is 0 Å². The van der Waals surface area contributed by atoms with Gasteiger partial charge in [0.05, 0.1) is 47.8 Å². The lowest BCUT2D eigenvalue weighted by Crippen LogP contribution is -2.18. The molecule has 10 heteroatoms.